The molecule has 0 aliphatic rings. The van der Waals surface area contributed by atoms with Crippen LogP contribution in [0.25, 0.3) is 0 Å². The predicted molar refractivity (Wildman–Crippen MR) is 89.4 cm³/mol. The number of pyridine rings is 1. The molecule has 2 rings (SSSR count). The zero-order valence-corrected chi connectivity index (χ0v) is 14.1. The molecule has 0 fully saturated rings. The highest BCUT2D eigenvalue weighted by atomic mass is 19.4. The monoisotopic (exact) mass is 365 g/mol. The summed E-state index contributed by atoms with van der Waals surface area (Å²) in [7, 11) is 1.62. The largest absolute Gasteiger partial charge is 0.416 e. The van der Waals surface area contributed by atoms with E-state index in [0.717, 1.165) is 29.8 Å². The predicted octanol–water partition coefficient (Wildman–Crippen LogP) is 2.53. The minimum absolute atomic E-state index is 0.0604. The maximum absolute atomic E-state index is 12.5. The number of halogens is 3. The molecule has 2 aromatic rings. The number of likely N-dealkylation sites (N-methyl/N-ethyl adjacent to an activating group) is 1. The fraction of sp³-hybridized carbons (Fsp3) is 0.278. The number of nitrogens with one attached hydrogen (secondary N) is 1. The van der Waals surface area contributed by atoms with Gasteiger partial charge in [-0.2, -0.15) is 13.2 Å². The van der Waals surface area contributed by atoms with E-state index in [1.54, 1.807) is 19.4 Å². The highest BCUT2D eigenvalue weighted by Crippen LogP contribution is 2.29. The fourth-order valence-electron chi connectivity index (χ4n) is 2.17. The van der Waals surface area contributed by atoms with Gasteiger partial charge in [-0.1, -0.05) is 0 Å². The van der Waals surface area contributed by atoms with Gasteiger partial charge in [0.1, 0.15) is 0 Å². The summed E-state index contributed by atoms with van der Waals surface area (Å²) >= 11 is 0. The molecule has 0 aliphatic heterocycles. The first kappa shape index (κ1) is 19.4. The lowest BCUT2D eigenvalue weighted by atomic mass is 10.1. The second-order valence-corrected chi connectivity index (χ2v) is 5.68. The molecule has 1 heterocycles. The Morgan fingerprint density at radius 3 is 2.27 bits per heavy atom. The summed E-state index contributed by atoms with van der Waals surface area (Å²) in [5.41, 5.74) is 0.264. The van der Waals surface area contributed by atoms with E-state index in [1.165, 1.54) is 4.90 Å². The Labute approximate surface area is 148 Å². The van der Waals surface area contributed by atoms with Crippen LogP contribution in [0, 0.1) is 0 Å². The number of hydrogen-bond acceptors (Lipinski definition) is 3. The molecular weight excluding hydrogens is 347 g/mol. The molecule has 0 bridgehead atoms. The first-order valence-electron chi connectivity index (χ1n) is 7.85. The average Bonchev–Trinajstić information content (AvgIpc) is 2.64. The fourth-order valence-corrected chi connectivity index (χ4v) is 2.17. The Balaban J connectivity index is 1.81. The van der Waals surface area contributed by atoms with Crippen LogP contribution in [-0.2, 0) is 17.4 Å². The molecular formula is C18H18F3N3O2. The second-order valence-electron chi connectivity index (χ2n) is 5.68. The van der Waals surface area contributed by atoms with E-state index < -0.39 is 17.6 Å². The molecule has 0 unspecified atom stereocenters. The van der Waals surface area contributed by atoms with E-state index >= 15 is 0 Å². The lowest BCUT2D eigenvalue weighted by Gasteiger charge is -2.17. The third-order valence-corrected chi connectivity index (χ3v) is 3.79. The molecule has 8 heteroatoms. The number of rotatable bonds is 6. The van der Waals surface area contributed by atoms with Crippen molar-refractivity contribution in [3.63, 3.8) is 0 Å². The SMILES string of the molecule is CN(CCc1ccncc1)C(=O)CNC(=O)c1ccc(C(F)(F)F)cc1. The lowest BCUT2D eigenvalue weighted by Crippen LogP contribution is -2.39. The summed E-state index contributed by atoms with van der Waals surface area (Å²) in [5, 5.41) is 2.41. The lowest BCUT2D eigenvalue weighted by molar-refractivity contribution is -0.137. The molecule has 1 aromatic heterocycles. The van der Waals surface area contributed by atoms with Crippen LogP contribution in [0.2, 0.25) is 0 Å². The molecule has 0 atom stereocenters. The standard InChI is InChI=1S/C18H18F3N3O2/c1-24(11-8-13-6-9-22-10-7-13)16(25)12-23-17(26)14-2-4-15(5-3-14)18(19,20)21/h2-7,9-10H,8,11-12H2,1H3,(H,23,26). The highest BCUT2D eigenvalue weighted by molar-refractivity contribution is 5.96. The van der Waals surface area contributed by atoms with Crippen molar-refractivity contribution in [2.24, 2.45) is 0 Å². The van der Waals surface area contributed by atoms with Crippen molar-refractivity contribution in [2.45, 2.75) is 12.6 Å². The number of amides is 2. The Bertz CT molecular complexity index is 747. The normalized spacial score (nSPS) is 11.1. The van der Waals surface area contributed by atoms with Crippen LogP contribution >= 0.6 is 0 Å². The molecule has 1 aromatic carbocycles. The van der Waals surface area contributed by atoms with Crippen molar-refractivity contribution >= 4 is 11.8 Å². The molecule has 138 valence electrons. The summed E-state index contributed by atoms with van der Waals surface area (Å²) in [6.45, 7) is 0.242. The van der Waals surface area contributed by atoms with Gasteiger partial charge in [0.25, 0.3) is 5.91 Å². The topological polar surface area (TPSA) is 62.3 Å². The van der Waals surface area contributed by atoms with Crippen LogP contribution in [0.15, 0.2) is 48.8 Å². The summed E-state index contributed by atoms with van der Waals surface area (Å²) in [6.07, 6.45) is -0.469. The summed E-state index contributed by atoms with van der Waals surface area (Å²) in [5.74, 6) is -0.895. The summed E-state index contributed by atoms with van der Waals surface area (Å²) in [4.78, 5) is 29.4. The minimum atomic E-state index is -4.46. The molecule has 0 saturated carbocycles. The number of carbonyl (C=O) groups excluding carboxylic acids is 2. The van der Waals surface area contributed by atoms with Crippen LogP contribution in [-0.4, -0.2) is 41.8 Å². The second kappa shape index (κ2) is 8.46. The van der Waals surface area contributed by atoms with Gasteiger partial charge in [-0.15, -0.1) is 0 Å². The van der Waals surface area contributed by atoms with E-state index in [1.807, 2.05) is 12.1 Å². The van der Waals surface area contributed by atoms with Crippen LogP contribution in [0.3, 0.4) is 0 Å². The van der Waals surface area contributed by atoms with Crippen molar-refractivity contribution < 1.29 is 22.8 Å². The molecule has 0 spiro atoms. The van der Waals surface area contributed by atoms with Crippen molar-refractivity contribution in [1.82, 2.24) is 15.2 Å². The van der Waals surface area contributed by atoms with E-state index in [2.05, 4.69) is 10.3 Å². The van der Waals surface area contributed by atoms with Gasteiger partial charge >= 0.3 is 6.18 Å². The minimum Gasteiger partial charge on any atom is -0.344 e. The van der Waals surface area contributed by atoms with Gasteiger partial charge in [0.2, 0.25) is 5.91 Å². The highest BCUT2D eigenvalue weighted by Gasteiger charge is 2.30. The van der Waals surface area contributed by atoms with Crippen LogP contribution < -0.4 is 5.32 Å². The van der Waals surface area contributed by atoms with E-state index in [9.17, 15) is 22.8 Å². The van der Waals surface area contributed by atoms with Crippen LogP contribution in [0.5, 0.6) is 0 Å². The quantitative estimate of drug-likeness (QED) is 0.856. The van der Waals surface area contributed by atoms with Crippen molar-refractivity contribution in [3.05, 3.63) is 65.5 Å². The van der Waals surface area contributed by atoms with Gasteiger partial charge < -0.3 is 10.2 Å². The molecule has 0 aliphatic carbocycles. The number of aromatic nitrogens is 1. The number of nitrogens with zero attached hydrogens (tertiary/aromatic N) is 2. The third-order valence-electron chi connectivity index (χ3n) is 3.79. The number of benzene rings is 1. The molecule has 0 saturated heterocycles. The Hall–Kier alpha value is -2.90. The van der Waals surface area contributed by atoms with Crippen molar-refractivity contribution in [2.75, 3.05) is 20.1 Å². The van der Waals surface area contributed by atoms with Gasteiger partial charge in [0, 0.05) is 31.5 Å². The van der Waals surface area contributed by atoms with E-state index in [0.29, 0.717) is 13.0 Å². The molecule has 26 heavy (non-hydrogen) atoms. The molecule has 1 N–H and O–H groups in total. The Kier molecular flexibility index (Phi) is 6.32. The van der Waals surface area contributed by atoms with Gasteiger partial charge in [0.15, 0.2) is 0 Å². The maximum atomic E-state index is 12.5. The maximum Gasteiger partial charge on any atom is 0.416 e. The Morgan fingerprint density at radius 1 is 1.08 bits per heavy atom. The van der Waals surface area contributed by atoms with E-state index in [4.69, 9.17) is 0 Å². The zero-order valence-electron chi connectivity index (χ0n) is 14.1. The van der Waals surface area contributed by atoms with Crippen molar-refractivity contribution in [1.29, 1.82) is 0 Å². The number of carbonyl (C=O) groups is 2. The zero-order chi connectivity index (χ0) is 19.2. The summed E-state index contributed by atoms with van der Waals surface area (Å²) in [6, 6.07) is 7.52. The smallest absolute Gasteiger partial charge is 0.344 e. The average molecular weight is 365 g/mol. The van der Waals surface area contributed by atoms with Gasteiger partial charge in [0.05, 0.1) is 12.1 Å². The number of hydrogen-bond donors (Lipinski definition) is 1. The molecule has 0 radical (unpaired) electrons. The van der Waals surface area contributed by atoms with Gasteiger partial charge in [-0.05, 0) is 48.4 Å². The third kappa shape index (κ3) is 5.58. The van der Waals surface area contributed by atoms with Crippen molar-refractivity contribution in [3.8, 4) is 0 Å². The van der Waals surface area contributed by atoms with Gasteiger partial charge in [-0.3, -0.25) is 14.6 Å². The van der Waals surface area contributed by atoms with Crippen LogP contribution in [0.4, 0.5) is 13.2 Å². The first-order chi connectivity index (χ1) is 12.3. The Morgan fingerprint density at radius 2 is 1.69 bits per heavy atom. The van der Waals surface area contributed by atoms with Crippen LogP contribution in [0.1, 0.15) is 21.5 Å². The first-order valence-corrected chi connectivity index (χ1v) is 7.85. The molecule has 2 amide bonds. The molecule has 5 nitrogen and oxygen atoms in total. The summed E-state index contributed by atoms with van der Waals surface area (Å²) < 4.78 is 37.5. The van der Waals surface area contributed by atoms with Gasteiger partial charge in [-0.25, -0.2) is 0 Å². The number of alkyl halides is 3. The van der Waals surface area contributed by atoms with E-state index in [-0.39, 0.29) is 18.0 Å².